The molecule has 214 valence electrons. The number of carbonyl (C=O) groups excluding carboxylic acids is 3. The van der Waals surface area contributed by atoms with Crippen LogP contribution in [0.4, 0.5) is 4.79 Å². The maximum absolute atomic E-state index is 12.6. The van der Waals surface area contributed by atoms with Gasteiger partial charge in [-0.1, -0.05) is 54.5 Å². The van der Waals surface area contributed by atoms with E-state index in [0.717, 1.165) is 0 Å². The van der Waals surface area contributed by atoms with Crippen LogP contribution in [0.25, 0.3) is 0 Å². The Balaban J connectivity index is 3.29. The van der Waals surface area contributed by atoms with Crippen LogP contribution in [0, 0.1) is 23.7 Å². The first-order valence-electron chi connectivity index (χ1n) is 13.2. The molecule has 1 aromatic rings. The van der Waals surface area contributed by atoms with Crippen molar-refractivity contribution in [3.63, 3.8) is 0 Å². The number of hydrogen-bond acceptors (Lipinski definition) is 9. The van der Waals surface area contributed by atoms with E-state index >= 15 is 0 Å². The molecule has 0 fully saturated rings. The van der Waals surface area contributed by atoms with Crippen LogP contribution in [-0.4, -0.2) is 48.4 Å². The monoisotopic (exact) mass is 537 g/mol. The molecule has 0 spiro atoms. The molecule has 1 aromatic carbocycles. The minimum atomic E-state index is -1.36. The molecule has 0 aromatic heterocycles. The summed E-state index contributed by atoms with van der Waals surface area (Å²) in [6.07, 6.45) is 0.930. The number of nitrogens with two attached hydrogens (primary N) is 1. The summed E-state index contributed by atoms with van der Waals surface area (Å²) in [7, 11) is 0. The number of carboxylic acid groups (broad SMARTS) is 1. The van der Waals surface area contributed by atoms with E-state index in [4.69, 9.17) is 24.7 Å². The van der Waals surface area contributed by atoms with Gasteiger partial charge in [-0.15, -0.1) is 0 Å². The second kappa shape index (κ2) is 16.0. The summed E-state index contributed by atoms with van der Waals surface area (Å²) in [4.78, 5) is 48.9. The molecular formula is C28H43NO9. The topological polar surface area (TPSA) is 151 Å². The van der Waals surface area contributed by atoms with Gasteiger partial charge in [0.05, 0.1) is 25.0 Å². The van der Waals surface area contributed by atoms with E-state index in [9.17, 15) is 24.3 Å². The Labute approximate surface area is 225 Å². The van der Waals surface area contributed by atoms with Crippen molar-refractivity contribution in [2.24, 2.45) is 29.4 Å². The van der Waals surface area contributed by atoms with E-state index in [1.54, 1.807) is 26.8 Å². The van der Waals surface area contributed by atoms with Gasteiger partial charge in [0.15, 0.2) is 11.5 Å². The molecule has 0 radical (unpaired) electrons. The van der Waals surface area contributed by atoms with Gasteiger partial charge in [0.2, 0.25) is 0 Å². The van der Waals surface area contributed by atoms with Crippen LogP contribution in [0.2, 0.25) is 0 Å². The highest BCUT2D eigenvalue weighted by molar-refractivity contribution is 5.79. The van der Waals surface area contributed by atoms with E-state index in [0.29, 0.717) is 30.7 Å². The van der Waals surface area contributed by atoms with Gasteiger partial charge in [-0.05, 0) is 48.8 Å². The van der Waals surface area contributed by atoms with Crippen LogP contribution in [0.3, 0.4) is 0 Å². The van der Waals surface area contributed by atoms with Crippen molar-refractivity contribution in [2.45, 2.75) is 79.7 Å². The maximum Gasteiger partial charge on any atom is 0.508 e. The molecular weight excluding hydrogens is 494 g/mol. The number of rotatable bonds is 15. The molecule has 0 heterocycles. The molecule has 3 N–H and O–H groups in total. The van der Waals surface area contributed by atoms with E-state index in [1.165, 1.54) is 12.1 Å². The Morgan fingerprint density at radius 2 is 1.42 bits per heavy atom. The average molecular weight is 538 g/mol. The van der Waals surface area contributed by atoms with Gasteiger partial charge in [-0.3, -0.25) is 14.4 Å². The number of aliphatic carboxylic acids is 1. The van der Waals surface area contributed by atoms with Crippen LogP contribution >= 0.6 is 0 Å². The van der Waals surface area contributed by atoms with Gasteiger partial charge in [0.1, 0.15) is 6.04 Å². The van der Waals surface area contributed by atoms with E-state index in [-0.39, 0.29) is 30.6 Å². The Bertz CT molecular complexity index is 946. The summed E-state index contributed by atoms with van der Waals surface area (Å²) in [5, 5.41) is 9.68. The fraction of sp³-hybridized carbons (Fsp3) is 0.643. The second-order valence-electron chi connectivity index (χ2n) is 10.1. The van der Waals surface area contributed by atoms with Crippen LogP contribution in [0.15, 0.2) is 18.2 Å². The van der Waals surface area contributed by atoms with Crippen LogP contribution in [0.5, 0.6) is 11.5 Å². The zero-order valence-corrected chi connectivity index (χ0v) is 23.5. The lowest BCUT2D eigenvalue weighted by atomic mass is 9.82. The lowest BCUT2D eigenvalue weighted by Gasteiger charge is -2.28. The Morgan fingerprint density at radius 1 is 0.868 bits per heavy atom. The van der Waals surface area contributed by atoms with Gasteiger partial charge in [0, 0.05) is 5.92 Å². The summed E-state index contributed by atoms with van der Waals surface area (Å²) in [6, 6.07) is 3.09. The molecule has 0 saturated carbocycles. The summed E-state index contributed by atoms with van der Waals surface area (Å²) >= 11 is 0. The molecule has 0 saturated heterocycles. The van der Waals surface area contributed by atoms with Crippen molar-refractivity contribution in [1.29, 1.82) is 0 Å². The highest BCUT2D eigenvalue weighted by atomic mass is 16.7. The van der Waals surface area contributed by atoms with Crippen molar-refractivity contribution < 1.29 is 43.2 Å². The molecule has 4 unspecified atom stereocenters. The first-order chi connectivity index (χ1) is 17.8. The smallest absolute Gasteiger partial charge is 0.480 e. The molecule has 10 heteroatoms. The summed E-state index contributed by atoms with van der Waals surface area (Å²) in [5.74, 6) is -4.07. The second-order valence-corrected chi connectivity index (χ2v) is 10.1. The molecule has 0 aliphatic heterocycles. The number of esters is 2. The molecule has 0 aliphatic carbocycles. The quantitative estimate of drug-likeness (QED) is 0.233. The third-order valence-corrected chi connectivity index (χ3v) is 6.47. The minimum Gasteiger partial charge on any atom is -0.480 e. The molecule has 0 bridgehead atoms. The van der Waals surface area contributed by atoms with E-state index in [2.05, 4.69) is 0 Å². The zero-order chi connectivity index (χ0) is 29.0. The molecule has 1 rings (SSSR count). The lowest BCUT2D eigenvalue weighted by molar-refractivity contribution is -0.141. The zero-order valence-electron chi connectivity index (χ0n) is 23.5. The van der Waals surface area contributed by atoms with E-state index < -0.39 is 47.9 Å². The van der Waals surface area contributed by atoms with Gasteiger partial charge < -0.3 is 29.8 Å². The molecule has 0 aliphatic rings. The van der Waals surface area contributed by atoms with Crippen molar-refractivity contribution in [2.75, 3.05) is 13.2 Å². The first kappa shape index (κ1) is 32.9. The summed E-state index contributed by atoms with van der Waals surface area (Å²) in [5.41, 5.74) is 6.46. The fourth-order valence-corrected chi connectivity index (χ4v) is 3.41. The largest absolute Gasteiger partial charge is 0.508 e. The van der Waals surface area contributed by atoms with Crippen molar-refractivity contribution >= 4 is 24.1 Å². The third-order valence-electron chi connectivity index (χ3n) is 6.47. The van der Waals surface area contributed by atoms with Gasteiger partial charge >= 0.3 is 24.1 Å². The number of ether oxygens (including phenoxy) is 4. The summed E-state index contributed by atoms with van der Waals surface area (Å²) < 4.78 is 21.3. The van der Waals surface area contributed by atoms with Crippen molar-refractivity contribution in [3.05, 3.63) is 23.8 Å². The average Bonchev–Trinajstić information content (AvgIpc) is 2.87. The van der Waals surface area contributed by atoms with Gasteiger partial charge in [-0.25, -0.2) is 4.79 Å². The number of carbonyl (C=O) groups is 4. The fourth-order valence-electron chi connectivity index (χ4n) is 3.41. The SMILES string of the molecule is CCC(C)C(=O)Oc1ccc(C(C(C)COC(=O)OCCC(C)C)[C@H](N)C(=O)O)cc1OC(=O)C(C)CC. The van der Waals surface area contributed by atoms with Crippen LogP contribution in [0.1, 0.15) is 79.2 Å². The Morgan fingerprint density at radius 3 is 1.92 bits per heavy atom. The predicted molar refractivity (Wildman–Crippen MR) is 141 cm³/mol. The lowest BCUT2D eigenvalue weighted by Crippen LogP contribution is -2.40. The standard InChI is InChI=1S/C28H43NO9/c1-8-17(5)26(32)37-21-11-10-20(14-22(21)38-27(33)18(6)9-2)23(24(29)25(30)31)19(7)15-36-28(34)35-13-12-16(3)4/h10-11,14,16-19,23-24H,8-9,12-13,15,29H2,1-7H3,(H,30,31)/t17?,18?,19?,23?,24-/m0/s1. The normalized spacial score (nSPS) is 15.1. The first-order valence-corrected chi connectivity index (χ1v) is 13.2. The summed E-state index contributed by atoms with van der Waals surface area (Å²) in [6.45, 7) is 12.9. The number of hydrogen-bond donors (Lipinski definition) is 2. The molecule has 38 heavy (non-hydrogen) atoms. The van der Waals surface area contributed by atoms with E-state index in [1.807, 2.05) is 27.7 Å². The maximum atomic E-state index is 12.6. The molecule has 10 nitrogen and oxygen atoms in total. The highest BCUT2D eigenvalue weighted by Crippen LogP contribution is 2.36. The van der Waals surface area contributed by atoms with Gasteiger partial charge in [0.25, 0.3) is 0 Å². The van der Waals surface area contributed by atoms with Crippen molar-refractivity contribution in [3.8, 4) is 11.5 Å². The Hall–Kier alpha value is -3.14. The van der Waals surface area contributed by atoms with Crippen LogP contribution < -0.4 is 15.2 Å². The van der Waals surface area contributed by atoms with Crippen LogP contribution in [-0.2, 0) is 23.9 Å². The predicted octanol–water partition coefficient (Wildman–Crippen LogP) is 4.92. The highest BCUT2D eigenvalue weighted by Gasteiger charge is 2.33. The van der Waals surface area contributed by atoms with Gasteiger partial charge in [-0.2, -0.15) is 0 Å². The minimum absolute atomic E-state index is 0.0201. The van der Waals surface area contributed by atoms with Crippen molar-refractivity contribution in [1.82, 2.24) is 0 Å². The number of benzene rings is 1. The number of carboxylic acids is 1. The third kappa shape index (κ3) is 10.3. The Kier molecular flexibility index (Phi) is 13.8. The molecule has 0 amide bonds. The molecule has 5 atom stereocenters.